The number of nitrogens with zero attached hydrogens (tertiary/aromatic N) is 4. The zero-order valence-electron chi connectivity index (χ0n) is 22.4. The molecule has 10 nitrogen and oxygen atoms in total. The lowest BCUT2D eigenvalue weighted by molar-refractivity contribution is -0.382. The van der Waals surface area contributed by atoms with Crippen molar-refractivity contribution in [1.29, 1.82) is 5.26 Å². The van der Waals surface area contributed by atoms with Gasteiger partial charge in [0.15, 0.2) is 5.76 Å². The van der Waals surface area contributed by atoms with E-state index in [1.807, 2.05) is 6.07 Å². The number of hydrogen-bond acceptors (Lipinski definition) is 8. The lowest BCUT2D eigenvalue weighted by atomic mass is 10.1. The van der Waals surface area contributed by atoms with E-state index in [1.165, 1.54) is 6.07 Å². The quantitative estimate of drug-likeness (QED) is 0.199. The highest BCUT2D eigenvalue weighted by molar-refractivity contribution is 7.88. The van der Waals surface area contributed by atoms with E-state index in [4.69, 9.17) is 16.1 Å². The SMILES string of the molecule is Cn1nc(OS(=O)(=O)C(F)(F)C(F)(F)C(F)(F)C(F)(F)F)c(C(F)(F)F)c1-c1cc(-c2ccc(Cl)c(C(=O)NC3(C#N)CC3)c2)on1. The van der Waals surface area contributed by atoms with E-state index in [0.717, 1.165) is 12.1 Å². The van der Waals surface area contributed by atoms with Crippen LogP contribution >= 0.6 is 11.6 Å². The average Bonchev–Trinajstić information content (AvgIpc) is 3.38. The second kappa shape index (κ2) is 10.9. The molecule has 0 atom stereocenters. The van der Waals surface area contributed by atoms with E-state index in [0.29, 0.717) is 26.0 Å². The molecule has 0 spiro atoms. The Bertz CT molecular complexity index is 1890. The number of carbonyl (C=O) groups excluding carboxylic acids is 1. The van der Waals surface area contributed by atoms with E-state index in [2.05, 4.69) is 19.8 Å². The van der Waals surface area contributed by atoms with Crippen LogP contribution in [0.5, 0.6) is 5.88 Å². The van der Waals surface area contributed by atoms with Crippen LogP contribution in [0.15, 0.2) is 28.8 Å². The predicted octanol–water partition coefficient (Wildman–Crippen LogP) is 6.33. The topological polar surface area (TPSA) is 140 Å². The minimum atomic E-state index is -7.80. The summed E-state index contributed by atoms with van der Waals surface area (Å²) in [7, 11) is -7.21. The Labute approximate surface area is 257 Å². The summed E-state index contributed by atoms with van der Waals surface area (Å²) in [5.74, 6) is -19.2. The third kappa shape index (κ3) is 5.92. The molecule has 1 fully saturated rings. The molecule has 1 N–H and O–H groups in total. The molecule has 1 aliphatic carbocycles. The van der Waals surface area contributed by atoms with E-state index >= 15 is 0 Å². The number of nitriles is 1. The number of aromatic nitrogens is 3. The van der Waals surface area contributed by atoms with Gasteiger partial charge < -0.3 is 14.0 Å². The zero-order valence-corrected chi connectivity index (χ0v) is 23.9. The summed E-state index contributed by atoms with van der Waals surface area (Å²) < 4.78 is 194. The summed E-state index contributed by atoms with van der Waals surface area (Å²) in [4.78, 5) is 12.7. The third-order valence-electron chi connectivity index (χ3n) is 6.48. The third-order valence-corrected chi connectivity index (χ3v) is 8.07. The van der Waals surface area contributed by atoms with E-state index in [9.17, 15) is 71.2 Å². The van der Waals surface area contributed by atoms with E-state index in [1.54, 1.807) is 0 Å². The zero-order chi connectivity index (χ0) is 35.8. The number of carbonyl (C=O) groups is 1. The van der Waals surface area contributed by atoms with Crippen molar-refractivity contribution in [2.75, 3.05) is 0 Å². The van der Waals surface area contributed by atoms with Gasteiger partial charge in [0.05, 0.1) is 16.7 Å². The van der Waals surface area contributed by atoms with Gasteiger partial charge in [0.25, 0.3) is 11.8 Å². The van der Waals surface area contributed by atoms with Crippen LogP contribution < -0.4 is 9.50 Å². The monoisotopic (exact) mass is 733 g/mol. The fraction of sp³-hybridized carbons (Fsp3) is 0.391. The van der Waals surface area contributed by atoms with Crippen LogP contribution in [0, 0.1) is 11.3 Å². The summed E-state index contributed by atoms with van der Waals surface area (Å²) in [6.07, 6.45) is -12.6. The van der Waals surface area contributed by atoms with Gasteiger partial charge in [-0.1, -0.05) is 16.8 Å². The Hall–Kier alpha value is -4.20. The molecule has 47 heavy (non-hydrogen) atoms. The van der Waals surface area contributed by atoms with Gasteiger partial charge in [0.1, 0.15) is 22.5 Å². The van der Waals surface area contributed by atoms with Crippen molar-refractivity contribution in [2.45, 2.75) is 47.8 Å². The summed E-state index contributed by atoms with van der Waals surface area (Å²) in [5.41, 5.74) is -6.15. The number of aryl methyl sites for hydroxylation is 1. The molecule has 3 aromatic rings. The van der Waals surface area contributed by atoms with Gasteiger partial charge in [0, 0.05) is 18.7 Å². The Kier molecular flexibility index (Phi) is 8.29. The fourth-order valence-corrected chi connectivity index (χ4v) is 4.91. The van der Waals surface area contributed by atoms with E-state index < -0.39 is 79.6 Å². The number of benzene rings is 1. The van der Waals surface area contributed by atoms with Crippen molar-refractivity contribution in [3.05, 3.63) is 40.4 Å². The molecule has 1 aliphatic rings. The normalized spacial score (nSPS) is 15.7. The largest absolute Gasteiger partial charge is 0.460 e. The van der Waals surface area contributed by atoms with Gasteiger partial charge in [0.2, 0.25) is 0 Å². The summed E-state index contributed by atoms with van der Waals surface area (Å²) in [6.45, 7) is 0. The molecule has 0 bridgehead atoms. The summed E-state index contributed by atoms with van der Waals surface area (Å²) in [5, 5.41) is 10.2. The van der Waals surface area contributed by atoms with Crippen LogP contribution in [-0.4, -0.2) is 58.1 Å². The minimum Gasteiger partial charge on any atom is -0.356 e. The van der Waals surface area contributed by atoms with Crippen molar-refractivity contribution < 1.29 is 74.6 Å². The predicted molar refractivity (Wildman–Crippen MR) is 130 cm³/mol. The standard InChI is InChI=1S/C23H12ClF12N5O5S/c1-41-15(12-7-13(45-40-12)9-2-3-11(24)10(6-9)16(42)38-18(8-37)4-5-18)14(19(25,26)27)17(39-41)46-47(43,44)23(35,36)21(30,31)20(28,29)22(32,33)34/h2-3,6-7H,4-5H2,1H3,(H,38,42). The van der Waals surface area contributed by atoms with Crippen molar-refractivity contribution >= 4 is 27.6 Å². The number of rotatable bonds is 9. The average molecular weight is 734 g/mol. The van der Waals surface area contributed by atoms with Gasteiger partial charge in [-0.15, -0.1) is 5.10 Å². The van der Waals surface area contributed by atoms with Crippen LogP contribution in [0.3, 0.4) is 0 Å². The Balaban J connectivity index is 1.75. The van der Waals surface area contributed by atoms with Crippen LogP contribution in [0.4, 0.5) is 52.7 Å². The molecule has 1 saturated carbocycles. The second-order valence-electron chi connectivity index (χ2n) is 9.77. The molecule has 256 valence electrons. The Morgan fingerprint density at radius 1 is 1.04 bits per heavy atom. The molecule has 0 saturated heterocycles. The number of hydrogen-bond donors (Lipinski definition) is 1. The summed E-state index contributed by atoms with van der Waals surface area (Å²) >= 11 is 6.04. The second-order valence-corrected chi connectivity index (χ2v) is 11.8. The van der Waals surface area contributed by atoms with Crippen molar-refractivity contribution in [2.24, 2.45) is 7.05 Å². The smallest absolute Gasteiger partial charge is 0.356 e. The van der Waals surface area contributed by atoms with Gasteiger partial charge in [-0.25, -0.2) is 0 Å². The first kappa shape index (κ1) is 35.7. The molecule has 2 heterocycles. The van der Waals surface area contributed by atoms with Crippen LogP contribution in [0.1, 0.15) is 28.8 Å². The van der Waals surface area contributed by atoms with Crippen molar-refractivity contribution in [3.63, 3.8) is 0 Å². The molecule has 1 amide bonds. The number of halogens is 13. The van der Waals surface area contributed by atoms with Crippen LogP contribution in [-0.2, 0) is 23.3 Å². The molecule has 0 aliphatic heterocycles. The highest BCUT2D eigenvalue weighted by Gasteiger charge is 2.86. The molecule has 4 rings (SSSR count). The van der Waals surface area contributed by atoms with E-state index in [-0.39, 0.29) is 20.8 Å². The molecule has 1 aromatic carbocycles. The molecule has 24 heteroatoms. The highest BCUT2D eigenvalue weighted by Crippen LogP contribution is 2.55. The molecule has 0 radical (unpaired) electrons. The summed E-state index contributed by atoms with van der Waals surface area (Å²) in [6, 6.07) is 6.02. The van der Waals surface area contributed by atoms with Crippen LogP contribution in [0.25, 0.3) is 22.7 Å². The van der Waals surface area contributed by atoms with Crippen LogP contribution in [0.2, 0.25) is 5.02 Å². The lowest BCUT2D eigenvalue weighted by Crippen LogP contribution is -2.63. The minimum absolute atomic E-state index is 0.0631. The number of alkyl halides is 12. The first-order chi connectivity index (χ1) is 21.2. The van der Waals surface area contributed by atoms with Gasteiger partial charge >= 0.3 is 39.6 Å². The first-order valence-electron chi connectivity index (χ1n) is 12.0. The maximum atomic E-state index is 14.1. The van der Waals surface area contributed by atoms with Gasteiger partial charge in [-0.3, -0.25) is 9.48 Å². The fourth-order valence-electron chi connectivity index (χ4n) is 3.83. The van der Waals surface area contributed by atoms with Gasteiger partial charge in [-0.2, -0.15) is 66.4 Å². The maximum Gasteiger partial charge on any atom is 0.460 e. The van der Waals surface area contributed by atoms with Gasteiger partial charge in [-0.05, 0) is 31.0 Å². The number of amides is 1. The lowest BCUT2D eigenvalue weighted by Gasteiger charge is -2.32. The molecule has 0 unspecified atom stereocenters. The highest BCUT2D eigenvalue weighted by atomic mass is 35.5. The molecular weight excluding hydrogens is 722 g/mol. The van der Waals surface area contributed by atoms with Crippen molar-refractivity contribution in [3.8, 4) is 34.7 Å². The Morgan fingerprint density at radius 3 is 2.15 bits per heavy atom. The number of nitrogens with one attached hydrogen (secondary N) is 1. The van der Waals surface area contributed by atoms with Crippen molar-refractivity contribution in [1.82, 2.24) is 20.3 Å². The molecular formula is C23H12ClF12N5O5S. The Morgan fingerprint density at radius 2 is 1.64 bits per heavy atom. The first-order valence-corrected chi connectivity index (χ1v) is 13.8. The maximum absolute atomic E-state index is 14.1. The molecule has 2 aromatic heterocycles.